The minimum absolute atomic E-state index is 0.706. The van der Waals surface area contributed by atoms with Crippen molar-refractivity contribution in [3.63, 3.8) is 0 Å². The smallest absolute Gasteiger partial charge is 0.188 e. The van der Waals surface area contributed by atoms with Gasteiger partial charge >= 0.3 is 0 Å². The Hall–Kier alpha value is -2.31. The number of hydrogen-bond acceptors (Lipinski definition) is 6. The van der Waals surface area contributed by atoms with Gasteiger partial charge in [0.05, 0.1) is 4.88 Å². The van der Waals surface area contributed by atoms with Crippen LogP contribution in [0.15, 0.2) is 48.9 Å². The van der Waals surface area contributed by atoms with Crippen molar-refractivity contribution in [1.82, 2.24) is 20.3 Å². The second-order valence-electron chi connectivity index (χ2n) is 6.67. The van der Waals surface area contributed by atoms with Gasteiger partial charge in [0, 0.05) is 18.0 Å². The molecular formula is C20H23N5S. The first-order chi connectivity index (χ1) is 12.9. The highest BCUT2D eigenvalue weighted by atomic mass is 32.1. The van der Waals surface area contributed by atoms with Gasteiger partial charge in [-0.3, -0.25) is 0 Å². The number of rotatable bonds is 5. The fourth-order valence-electron chi connectivity index (χ4n) is 3.35. The van der Waals surface area contributed by atoms with Crippen LogP contribution in [-0.4, -0.2) is 28.0 Å². The van der Waals surface area contributed by atoms with Gasteiger partial charge < -0.3 is 10.6 Å². The van der Waals surface area contributed by atoms with E-state index >= 15 is 0 Å². The summed E-state index contributed by atoms with van der Waals surface area (Å²) >= 11 is 1.63. The van der Waals surface area contributed by atoms with E-state index in [-0.39, 0.29) is 0 Å². The summed E-state index contributed by atoms with van der Waals surface area (Å²) in [5, 5.41) is 7.65. The summed E-state index contributed by atoms with van der Waals surface area (Å²) in [5.74, 6) is 1.52. The lowest BCUT2D eigenvalue weighted by Crippen LogP contribution is -2.14. The normalized spacial score (nSPS) is 17.6. The van der Waals surface area contributed by atoms with Gasteiger partial charge in [-0.05, 0) is 50.3 Å². The summed E-state index contributed by atoms with van der Waals surface area (Å²) in [6.07, 6.45) is 8.32. The zero-order valence-corrected chi connectivity index (χ0v) is 15.5. The molecule has 4 rings (SSSR count). The van der Waals surface area contributed by atoms with Crippen LogP contribution in [0, 0.1) is 5.92 Å². The maximum Gasteiger partial charge on any atom is 0.188 e. The third-order valence-electron chi connectivity index (χ3n) is 4.72. The highest BCUT2D eigenvalue weighted by Gasteiger charge is 2.14. The third-order valence-corrected chi connectivity index (χ3v) is 5.68. The number of nitrogens with one attached hydrogen (secondary N) is 2. The lowest BCUT2D eigenvalue weighted by Gasteiger charge is -2.13. The van der Waals surface area contributed by atoms with E-state index in [4.69, 9.17) is 0 Å². The molecule has 0 spiro atoms. The molecule has 2 N–H and O–H groups in total. The fraction of sp³-hybridized carbons (Fsp3) is 0.350. The van der Waals surface area contributed by atoms with Crippen molar-refractivity contribution in [1.29, 1.82) is 0 Å². The first-order valence-corrected chi connectivity index (χ1v) is 9.98. The maximum absolute atomic E-state index is 4.48. The molecule has 134 valence electrons. The molecule has 1 aromatic carbocycles. The average Bonchev–Trinajstić information content (AvgIpc) is 2.98. The topological polar surface area (TPSA) is 62.7 Å². The van der Waals surface area contributed by atoms with Crippen LogP contribution < -0.4 is 10.6 Å². The Morgan fingerprint density at radius 2 is 2.00 bits per heavy atom. The van der Waals surface area contributed by atoms with Crippen LogP contribution >= 0.6 is 11.3 Å². The highest BCUT2D eigenvalue weighted by molar-refractivity contribution is 7.18. The molecule has 1 atom stereocenters. The standard InChI is InChI=1S/C20H23N5S/c1-2-6-16(7-3-1)18-13-22-20(26-18)25-19-12-17(23-14-24-19)11-15-5-4-9-21-10-8-15/h1-3,6-7,12-15,21H,4-5,8-11H2,(H,22,23,24,25)/t15-/m1/s1. The summed E-state index contributed by atoms with van der Waals surface area (Å²) in [6.45, 7) is 2.25. The molecule has 3 aromatic rings. The van der Waals surface area contributed by atoms with Gasteiger partial charge in [-0.1, -0.05) is 41.7 Å². The summed E-state index contributed by atoms with van der Waals surface area (Å²) < 4.78 is 0. The zero-order chi connectivity index (χ0) is 17.6. The molecule has 0 amide bonds. The van der Waals surface area contributed by atoms with Gasteiger partial charge in [0.1, 0.15) is 12.1 Å². The molecule has 0 radical (unpaired) electrons. The Morgan fingerprint density at radius 1 is 1.08 bits per heavy atom. The van der Waals surface area contributed by atoms with Crippen molar-refractivity contribution in [3.8, 4) is 10.4 Å². The zero-order valence-electron chi connectivity index (χ0n) is 14.7. The Bertz CT molecular complexity index is 825. The second-order valence-corrected chi connectivity index (χ2v) is 7.70. The first kappa shape index (κ1) is 17.1. The van der Waals surface area contributed by atoms with Crippen molar-refractivity contribution >= 4 is 22.3 Å². The SMILES string of the molecule is c1ccc(-c2cnc(Nc3cc(C[C@@H]4CCCNCC4)ncn3)s2)cc1. The number of hydrogen-bond donors (Lipinski definition) is 2. The fourth-order valence-corrected chi connectivity index (χ4v) is 4.17. The second kappa shape index (κ2) is 8.38. The first-order valence-electron chi connectivity index (χ1n) is 9.17. The minimum atomic E-state index is 0.706. The van der Waals surface area contributed by atoms with Crippen molar-refractivity contribution < 1.29 is 0 Å². The molecule has 1 saturated heterocycles. The number of aromatic nitrogens is 3. The van der Waals surface area contributed by atoms with Gasteiger partial charge in [-0.2, -0.15) is 0 Å². The molecule has 6 heteroatoms. The molecule has 1 fully saturated rings. The van der Waals surface area contributed by atoms with Crippen LogP contribution in [0.1, 0.15) is 25.0 Å². The van der Waals surface area contributed by atoms with Gasteiger partial charge in [-0.25, -0.2) is 15.0 Å². The van der Waals surface area contributed by atoms with E-state index in [1.54, 1.807) is 17.7 Å². The van der Waals surface area contributed by atoms with E-state index in [0.717, 1.165) is 41.0 Å². The lowest BCUT2D eigenvalue weighted by atomic mass is 9.95. The highest BCUT2D eigenvalue weighted by Crippen LogP contribution is 2.30. The molecule has 26 heavy (non-hydrogen) atoms. The quantitative estimate of drug-likeness (QED) is 0.707. The van der Waals surface area contributed by atoms with Crippen LogP contribution in [0.2, 0.25) is 0 Å². The maximum atomic E-state index is 4.48. The number of thiazole rings is 1. The van der Waals surface area contributed by atoms with Crippen molar-refractivity contribution in [2.45, 2.75) is 25.7 Å². The summed E-state index contributed by atoms with van der Waals surface area (Å²) in [7, 11) is 0. The van der Waals surface area contributed by atoms with Crippen molar-refractivity contribution in [3.05, 3.63) is 54.6 Å². The predicted molar refractivity (Wildman–Crippen MR) is 107 cm³/mol. The van der Waals surface area contributed by atoms with Crippen LogP contribution in [0.3, 0.4) is 0 Å². The predicted octanol–water partition coefficient (Wildman–Crippen LogP) is 4.28. The molecule has 0 aliphatic carbocycles. The molecule has 0 bridgehead atoms. The Labute approximate surface area is 157 Å². The van der Waals surface area contributed by atoms with E-state index < -0.39 is 0 Å². The molecule has 0 unspecified atom stereocenters. The molecule has 2 aromatic heterocycles. The molecular weight excluding hydrogens is 342 g/mol. The van der Waals surface area contributed by atoms with Crippen LogP contribution in [0.25, 0.3) is 10.4 Å². The largest absolute Gasteiger partial charge is 0.317 e. The monoisotopic (exact) mass is 365 g/mol. The number of anilines is 2. The third kappa shape index (κ3) is 4.45. The number of nitrogens with zero attached hydrogens (tertiary/aromatic N) is 3. The van der Waals surface area contributed by atoms with E-state index in [1.807, 2.05) is 24.4 Å². The summed E-state index contributed by atoms with van der Waals surface area (Å²) in [4.78, 5) is 14.5. The average molecular weight is 366 g/mol. The molecule has 3 heterocycles. The van der Waals surface area contributed by atoms with E-state index in [0.29, 0.717) is 5.92 Å². The van der Waals surface area contributed by atoms with Crippen LogP contribution in [0.5, 0.6) is 0 Å². The molecule has 1 aliphatic heterocycles. The molecule has 1 aliphatic rings. The van der Waals surface area contributed by atoms with E-state index in [9.17, 15) is 0 Å². The molecule has 0 saturated carbocycles. The van der Waals surface area contributed by atoms with Crippen LogP contribution in [-0.2, 0) is 6.42 Å². The summed E-state index contributed by atoms with van der Waals surface area (Å²) in [5.41, 5.74) is 2.29. The lowest BCUT2D eigenvalue weighted by molar-refractivity contribution is 0.465. The van der Waals surface area contributed by atoms with Crippen LogP contribution in [0.4, 0.5) is 10.9 Å². The number of benzene rings is 1. The van der Waals surface area contributed by atoms with Crippen molar-refractivity contribution in [2.75, 3.05) is 18.4 Å². The Morgan fingerprint density at radius 3 is 2.92 bits per heavy atom. The van der Waals surface area contributed by atoms with E-state index in [1.165, 1.54) is 24.8 Å². The van der Waals surface area contributed by atoms with Gasteiger partial charge in [0.15, 0.2) is 5.13 Å². The molecule has 5 nitrogen and oxygen atoms in total. The van der Waals surface area contributed by atoms with Gasteiger partial charge in [-0.15, -0.1) is 0 Å². The Balaban J connectivity index is 1.43. The van der Waals surface area contributed by atoms with Gasteiger partial charge in [0.25, 0.3) is 0 Å². The van der Waals surface area contributed by atoms with Gasteiger partial charge in [0.2, 0.25) is 0 Å². The minimum Gasteiger partial charge on any atom is -0.317 e. The summed E-state index contributed by atoms with van der Waals surface area (Å²) in [6, 6.07) is 12.4. The van der Waals surface area contributed by atoms with Crippen molar-refractivity contribution in [2.24, 2.45) is 5.92 Å². The Kier molecular flexibility index (Phi) is 5.52. The van der Waals surface area contributed by atoms with E-state index in [2.05, 4.69) is 43.8 Å².